The summed E-state index contributed by atoms with van der Waals surface area (Å²) in [5.41, 5.74) is 2.03. The summed E-state index contributed by atoms with van der Waals surface area (Å²) < 4.78 is 16.4. The van der Waals surface area contributed by atoms with Gasteiger partial charge in [0.1, 0.15) is 18.1 Å². The third-order valence-electron chi connectivity index (χ3n) is 4.50. The van der Waals surface area contributed by atoms with Crippen molar-refractivity contribution in [2.75, 3.05) is 19.7 Å². The van der Waals surface area contributed by atoms with E-state index in [0.717, 1.165) is 11.3 Å². The standard InChI is InChI=1S/C19H22N2O6/c1-12-16(13(2)27-20-12)11-26-17-6-4-3-5-15(17)19(24)21-7-8-25-14(10-21)9-18(22)23/h3-6,14H,7-11H2,1-2H3,(H,22,23)/t14-/m0/s1. The number of nitrogens with zero attached hydrogens (tertiary/aromatic N) is 2. The minimum atomic E-state index is -0.947. The number of aryl methyl sites for hydroxylation is 2. The molecule has 8 heteroatoms. The van der Waals surface area contributed by atoms with Crippen molar-refractivity contribution in [3.8, 4) is 5.75 Å². The molecule has 1 aromatic heterocycles. The molecular weight excluding hydrogens is 352 g/mol. The Morgan fingerprint density at radius 3 is 2.81 bits per heavy atom. The summed E-state index contributed by atoms with van der Waals surface area (Å²) in [6.07, 6.45) is -0.635. The van der Waals surface area contributed by atoms with Crippen LogP contribution in [-0.4, -0.2) is 52.8 Å². The zero-order valence-electron chi connectivity index (χ0n) is 15.3. The number of rotatable bonds is 6. The fourth-order valence-electron chi connectivity index (χ4n) is 3.02. The number of benzene rings is 1. The van der Waals surface area contributed by atoms with Crippen LogP contribution in [0.25, 0.3) is 0 Å². The van der Waals surface area contributed by atoms with E-state index in [1.807, 2.05) is 13.8 Å². The van der Waals surface area contributed by atoms with Gasteiger partial charge in [-0.3, -0.25) is 9.59 Å². The van der Waals surface area contributed by atoms with Gasteiger partial charge in [0.05, 0.1) is 36.0 Å². The Balaban J connectivity index is 1.73. The first-order valence-electron chi connectivity index (χ1n) is 8.72. The van der Waals surface area contributed by atoms with Gasteiger partial charge in [-0.05, 0) is 26.0 Å². The van der Waals surface area contributed by atoms with E-state index in [9.17, 15) is 9.59 Å². The molecule has 1 amide bonds. The second kappa shape index (κ2) is 8.22. The SMILES string of the molecule is Cc1noc(C)c1COc1ccccc1C(=O)N1CCO[C@@H](CC(=O)O)C1. The number of carboxylic acid groups (broad SMARTS) is 1. The van der Waals surface area contributed by atoms with Crippen molar-refractivity contribution >= 4 is 11.9 Å². The Hall–Kier alpha value is -2.87. The van der Waals surface area contributed by atoms with Crippen LogP contribution in [0.5, 0.6) is 5.75 Å². The molecular formula is C19H22N2O6. The number of carbonyl (C=O) groups is 2. The highest BCUT2D eigenvalue weighted by atomic mass is 16.5. The highest BCUT2D eigenvalue weighted by Gasteiger charge is 2.28. The number of aromatic nitrogens is 1. The van der Waals surface area contributed by atoms with Crippen molar-refractivity contribution < 1.29 is 28.7 Å². The fraction of sp³-hybridized carbons (Fsp3) is 0.421. The number of carboxylic acids is 1. The van der Waals surface area contributed by atoms with Gasteiger partial charge < -0.3 is 24.0 Å². The van der Waals surface area contributed by atoms with E-state index in [1.54, 1.807) is 29.2 Å². The van der Waals surface area contributed by atoms with E-state index in [2.05, 4.69) is 5.16 Å². The van der Waals surface area contributed by atoms with Crippen LogP contribution in [0.3, 0.4) is 0 Å². The Bertz CT molecular complexity index is 812. The Labute approximate surface area is 156 Å². The van der Waals surface area contributed by atoms with Crippen molar-refractivity contribution in [2.24, 2.45) is 0 Å². The summed E-state index contributed by atoms with van der Waals surface area (Å²) >= 11 is 0. The highest BCUT2D eigenvalue weighted by molar-refractivity contribution is 5.97. The minimum Gasteiger partial charge on any atom is -0.488 e. The minimum absolute atomic E-state index is 0.131. The molecule has 1 aliphatic heterocycles. The Kier molecular flexibility index (Phi) is 5.75. The summed E-state index contributed by atoms with van der Waals surface area (Å²) in [6.45, 7) is 4.85. The third kappa shape index (κ3) is 4.46. The van der Waals surface area contributed by atoms with Gasteiger partial charge in [0, 0.05) is 13.1 Å². The third-order valence-corrected chi connectivity index (χ3v) is 4.50. The molecule has 0 radical (unpaired) electrons. The zero-order valence-corrected chi connectivity index (χ0v) is 15.3. The summed E-state index contributed by atoms with van der Waals surface area (Å²) in [5, 5.41) is 12.8. The van der Waals surface area contributed by atoms with Gasteiger partial charge in [0.2, 0.25) is 0 Å². The first kappa shape index (κ1) is 18.9. The Morgan fingerprint density at radius 1 is 1.33 bits per heavy atom. The molecule has 27 heavy (non-hydrogen) atoms. The first-order valence-corrected chi connectivity index (χ1v) is 8.72. The van der Waals surface area contributed by atoms with Crippen LogP contribution in [0.1, 0.15) is 33.8 Å². The lowest BCUT2D eigenvalue weighted by Crippen LogP contribution is -2.46. The molecule has 0 bridgehead atoms. The van der Waals surface area contributed by atoms with Gasteiger partial charge in [0.25, 0.3) is 5.91 Å². The first-order chi connectivity index (χ1) is 13.0. The van der Waals surface area contributed by atoms with Gasteiger partial charge in [-0.1, -0.05) is 17.3 Å². The van der Waals surface area contributed by atoms with Gasteiger partial charge in [-0.25, -0.2) is 0 Å². The highest BCUT2D eigenvalue weighted by Crippen LogP contribution is 2.24. The van der Waals surface area contributed by atoms with Crippen molar-refractivity contribution in [1.29, 1.82) is 0 Å². The van der Waals surface area contributed by atoms with Crippen LogP contribution in [0.4, 0.5) is 0 Å². The zero-order chi connectivity index (χ0) is 19.4. The molecule has 3 rings (SSSR count). The predicted octanol–water partition coefficient (Wildman–Crippen LogP) is 2.19. The van der Waals surface area contributed by atoms with Crippen LogP contribution in [0.15, 0.2) is 28.8 Å². The van der Waals surface area contributed by atoms with Gasteiger partial charge in [0.15, 0.2) is 0 Å². The molecule has 0 aliphatic carbocycles. The lowest BCUT2D eigenvalue weighted by atomic mass is 10.1. The van der Waals surface area contributed by atoms with Crippen molar-refractivity contribution in [3.63, 3.8) is 0 Å². The monoisotopic (exact) mass is 374 g/mol. The number of amides is 1. The van der Waals surface area contributed by atoms with E-state index in [0.29, 0.717) is 30.2 Å². The molecule has 144 valence electrons. The van der Waals surface area contributed by atoms with Crippen LogP contribution in [0.2, 0.25) is 0 Å². The molecule has 0 unspecified atom stereocenters. The molecule has 0 spiro atoms. The number of hydrogen-bond acceptors (Lipinski definition) is 6. The van der Waals surface area contributed by atoms with Crippen molar-refractivity contribution in [2.45, 2.75) is 33.0 Å². The normalized spacial score (nSPS) is 17.0. The molecule has 2 aromatic rings. The number of aliphatic carboxylic acids is 1. The summed E-state index contributed by atoms with van der Waals surface area (Å²) in [5.74, 6) is -0.00896. The molecule has 1 atom stereocenters. The molecule has 1 saturated heterocycles. The number of hydrogen-bond donors (Lipinski definition) is 1. The summed E-state index contributed by atoms with van der Waals surface area (Å²) in [4.78, 5) is 25.5. The molecule has 1 fully saturated rings. The van der Waals surface area contributed by atoms with Crippen molar-refractivity contribution in [1.82, 2.24) is 10.1 Å². The molecule has 2 heterocycles. The maximum absolute atomic E-state index is 13.0. The van der Waals surface area contributed by atoms with Crippen molar-refractivity contribution in [3.05, 3.63) is 46.8 Å². The predicted molar refractivity (Wildman–Crippen MR) is 94.6 cm³/mol. The summed E-state index contributed by atoms with van der Waals surface area (Å²) in [6, 6.07) is 7.00. The average Bonchev–Trinajstić information content (AvgIpc) is 2.97. The van der Waals surface area contributed by atoms with Crippen LogP contribution in [-0.2, 0) is 16.1 Å². The molecule has 1 aliphatic rings. The second-order valence-electron chi connectivity index (χ2n) is 6.43. The lowest BCUT2D eigenvalue weighted by molar-refractivity contribution is -0.141. The van der Waals surface area contributed by atoms with Gasteiger partial charge in [-0.15, -0.1) is 0 Å². The van der Waals surface area contributed by atoms with E-state index >= 15 is 0 Å². The maximum Gasteiger partial charge on any atom is 0.306 e. The molecule has 1 N–H and O–H groups in total. The second-order valence-corrected chi connectivity index (χ2v) is 6.43. The maximum atomic E-state index is 13.0. The molecule has 8 nitrogen and oxygen atoms in total. The number of ether oxygens (including phenoxy) is 2. The largest absolute Gasteiger partial charge is 0.488 e. The quantitative estimate of drug-likeness (QED) is 0.827. The van der Waals surface area contributed by atoms with E-state index in [1.165, 1.54) is 0 Å². The van der Waals surface area contributed by atoms with Crippen LogP contribution < -0.4 is 4.74 Å². The lowest BCUT2D eigenvalue weighted by Gasteiger charge is -2.32. The van der Waals surface area contributed by atoms with Gasteiger partial charge >= 0.3 is 5.97 Å². The van der Waals surface area contributed by atoms with Gasteiger partial charge in [-0.2, -0.15) is 0 Å². The average molecular weight is 374 g/mol. The van der Waals surface area contributed by atoms with E-state index in [4.69, 9.17) is 19.1 Å². The number of carbonyl (C=O) groups excluding carboxylic acids is 1. The van der Waals surface area contributed by atoms with Crippen LogP contribution in [0, 0.1) is 13.8 Å². The number of para-hydroxylation sites is 1. The number of morpholine rings is 1. The smallest absolute Gasteiger partial charge is 0.306 e. The van der Waals surface area contributed by atoms with E-state index in [-0.39, 0.29) is 25.5 Å². The molecule has 0 saturated carbocycles. The van der Waals surface area contributed by atoms with Crippen LogP contribution >= 0.6 is 0 Å². The molecule has 1 aromatic carbocycles. The summed E-state index contributed by atoms with van der Waals surface area (Å²) in [7, 11) is 0. The van der Waals surface area contributed by atoms with E-state index < -0.39 is 12.1 Å². The fourth-order valence-corrected chi connectivity index (χ4v) is 3.02. The Morgan fingerprint density at radius 2 is 2.11 bits per heavy atom. The topological polar surface area (TPSA) is 102 Å².